The first-order valence-electron chi connectivity index (χ1n) is 10.3. The van der Waals surface area contributed by atoms with Gasteiger partial charge >= 0.3 is 0 Å². The first kappa shape index (κ1) is 20.3. The van der Waals surface area contributed by atoms with Crippen LogP contribution in [0.25, 0.3) is 0 Å². The number of pyridine rings is 1. The van der Waals surface area contributed by atoms with Gasteiger partial charge in [0.1, 0.15) is 11.4 Å². The SMILES string of the molecule is CN(Cc1cccc(OCCCNC(=O)c2ccccn2)c1)C1CCCCC1. The van der Waals surface area contributed by atoms with Crippen LogP contribution >= 0.6 is 0 Å². The molecule has 28 heavy (non-hydrogen) atoms. The van der Waals surface area contributed by atoms with Crippen molar-refractivity contribution in [1.82, 2.24) is 15.2 Å². The number of nitrogens with one attached hydrogen (secondary N) is 1. The Kier molecular flexibility index (Phi) is 7.85. The van der Waals surface area contributed by atoms with Crippen LogP contribution in [-0.4, -0.2) is 42.0 Å². The van der Waals surface area contributed by atoms with Crippen molar-refractivity contribution >= 4 is 5.91 Å². The van der Waals surface area contributed by atoms with Gasteiger partial charge in [0.25, 0.3) is 5.91 Å². The quantitative estimate of drug-likeness (QED) is 0.666. The van der Waals surface area contributed by atoms with E-state index < -0.39 is 0 Å². The van der Waals surface area contributed by atoms with E-state index in [0.717, 1.165) is 18.7 Å². The zero-order valence-corrected chi connectivity index (χ0v) is 16.8. The molecule has 1 aliphatic rings. The summed E-state index contributed by atoms with van der Waals surface area (Å²) in [7, 11) is 2.23. The second-order valence-corrected chi connectivity index (χ2v) is 7.53. The molecular formula is C23H31N3O2. The summed E-state index contributed by atoms with van der Waals surface area (Å²) in [6, 6.07) is 14.4. The summed E-state index contributed by atoms with van der Waals surface area (Å²) in [5, 5.41) is 2.87. The minimum absolute atomic E-state index is 0.145. The number of hydrogen-bond donors (Lipinski definition) is 1. The van der Waals surface area contributed by atoms with E-state index in [1.54, 1.807) is 18.3 Å². The molecule has 0 bridgehead atoms. The van der Waals surface area contributed by atoms with Gasteiger partial charge < -0.3 is 10.1 Å². The summed E-state index contributed by atoms with van der Waals surface area (Å²) < 4.78 is 5.88. The van der Waals surface area contributed by atoms with Crippen LogP contribution in [0.2, 0.25) is 0 Å². The second-order valence-electron chi connectivity index (χ2n) is 7.53. The molecule has 1 heterocycles. The van der Waals surface area contributed by atoms with Gasteiger partial charge in [-0.2, -0.15) is 0 Å². The van der Waals surface area contributed by atoms with E-state index in [9.17, 15) is 4.79 Å². The predicted molar refractivity (Wildman–Crippen MR) is 111 cm³/mol. The monoisotopic (exact) mass is 381 g/mol. The predicted octanol–water partition coefficient (Wildman–Crippen LogP) is 4.05. The maximum absolute atomic E-state index is 11.9. The Balaban J connectivity index is 1.38. The number of carbonyl (C=O) groups excluding carboxylic acids is 1. The first-order chi connectivity index (χ1) is 13.7. The molecule has 1 N–H and O–H groups in total. The highest BCUT2D eigenvalue weighted by Gasteiger charge is 2.18. The van der Waals surface area contributed by atoms with Gasteiger partial charge in [0.05, 0.1) is 6.61 Å². The van der Waals surface area contributed by atoms with Gasteiger partial charge in [-0.25, -0.2) is 0 Å². The lowest BCUT2D eigenvalue weighted by molar-refractivity contribution is 0.0946. The third kappa shape index (κ3) is 6.34. The summed E-state index contributed by atoms with van der Waals surface area (Å²) in [5.74, 6) is 0.749. The lowest BCUT2D eigenvalue weighted by Gasteiger charge is -2.31. The lowest BCUT2D eigenvalue weighted by Crippen LogP contribution is -2.32. The van der Waals surface area contributed by atoms with Crippen molar-refractivity contribution in [1.29, 1.82) is 0 Å². The summed E-state index contributed by atoms with van der Waals surface area (Å²) in [5.41, 5.74) is 1.73. The van der Waals surface area contributed by atoms with Crippen molar-refractivity contribution in [3.63, 3.8) is 0 Å². The van der Waals surface area contributed by atoms with Crippen molar-refractivity contribution in [3.8, 4) is 5.75 Å². The Labute approximate surface area is 168 Å². The number of benzene rings is 1. The molecule has 1 amide bonds. The fourth-order valence-electron chi connectivity index (χ4n) is 3.72. The van der Waals surface area contributed by atoms with E-state index in [-0.39, 0.29) is 5.91 Å². The average Bonchev–Trinajstić information content (AvgIpc) is 2.75. The molecule has 1 aromatic carbocycles. The van der Waals surface area contributed by atoms with Crippen LogP contribution < -0.4 is 10.1 Å². The molecule has 5 heteroatoms. The van der Waals surface area contributed by atoms with Gasteiger partial charge in [-0.05, 0) is 56.1 Å². The molecule has 1 fully saturated rings. The normalized spacial score (nSPS) is 14.8. The van der Waals surface area contributed by atoms with Gasteiger partial charge in [0.15, 0.2) is 0 Å². The van der Waals surface area contributed by atoms with Crippen molar-refractivity contribution in [2.75, 3.05) is 20.2 Å². The molecule has 1 aromatic heterocycles. The van der Waals surface area contributed by atoms with Gasteiger partial charge in [0, 0.05) is 25.3 Å². The van der Waals surface area contributed by atoms with Crippen molar-refractivity contribution in [3.05, 3.63) is 59.9 Å². The van der Waals surface area contributed by atoms with E-state index in [0.29, 0.717) is 24.9 Å². The number of amides is 1. The smallest absolute Gasteiger partial charge is 0.269 e. The minimum Gasteiger partial charge on any atom is -0.494 e. The molecule has 0 aliphatic heterocycles. The number of aromatic nitrogens is 1. The molecule has 0 radical (unpaired) electrons. The molecule has 150 valence electrons. The molecule has 0 unspecified atom stereocenters. The number of ether oxygens (including phenoxy) is 1. The highest BCUT2D eigenvalue weighted by Crippen LogP contribution is 2.23. The molecule has 1 aliphatic carbocycles. The highest BCUT2D eigenvalue weighted by atomic mass is 16.5. The van der Waals surface area contributed by atoms with E-state index >= 15 is 0 Å². The number of nitrogens with zero attached hydrogens (tertiary/aromatic N) is 2. The van der Waals surface area contributed by atoms with Gasteiger partial charge in [0.2, 0.25) is 0 Å². The summed E-state index contributed by atoms with van der Waals surface area (Å²) in [6.07, 6.45) is 9.11. The number of rotatable bonds is 9. The van der Waals surface area contributed by atoms with Crippen molar-refractivity contribution in [2.45, 2.75) is 51.1 Å². The molecule has 1 saturated carbocycles. The van der Waals surface area contributed by atoms with E-state index in [2.05, 4.69) is 40.4 Å². The first-order valence-corrected chi connectivity index (χ1v) is 10.3. The molecule has 2 aromatic rings. The maximum Gasteiger partial charge on any atom is 0.269 e. The lowest BCUT2D eigenvalue weighted by atomic mass is 9.94. The highest BCUT2D eigenvalue weighted by molar-refractivity contribution is 5.92. The fourth-order valence-corrected chi connectivity index (χ4v) is 3.72. The Morgan fingerprint density at radius 3 is 2.82 bits per heavy atom. The topological polar surface area (TPSA) is 54.5 Å². The standard InChI is InChI=1S/C23H31N3O2/c1-26(20-10-3-2-4-11-20)18-19-9-7-12-21(17-19)28-16-8-15-25-23(27)22-13-5-6-14-24-22/h5-7,9,12-14,17,20H,2-4,8,10-11,15-16,18H2,1H3,(H,25,27). The molecule has 0 spiro atoms. The number of carbonyl (C=O) groups is 1. The molecule has 5 nitrogen and oxygen atoms in total. The molecule has 3 rings (SSSR count). The third-order valence-electron chi connectivity index (χ3n) is 5.30. The summed E-state index contributed by atoms with van der Waals surface area (Å²) in [4.78, 5) is 18.5. The third-order valence-corrected chi connectivity index (χ3v) is 5.30. The zero-order valence-electron chi connectivity index (χ0n) is 16.8. The van der Waals surface area contributed by atoms with Crippen LogP contribution in [-0.2, 0) is 6.54 Å². The number of hydrogen-bond acceptors (Lipinski definition) is 4. The molecule has 0 atom stereocenters. The summed E-state index contributed by atoms with van der Waals surface area (Å²) >= 11 is 0. The van der Waals surface area contributed by atoms with Gasteiger partial charge in [-0.15, -0.1) is 0 Å². The van der Waals surface area contributed by atoms with Crippen LogP contribution in [0.15, 0.2) is 48.7 Å². The molecule has 0 saturated heterocycles. The Bertz CT molecular complexity index is 730. The zero-order chi connectivity index (χ0) is 19.6. The van der Waals surface area contributed by atoms with Crippen LogP contribution in [0, 0.1) is 0 Å². The van der Waals surface area contributed by atoms with Crippen LogP contribution in [0.3, 0.4) is 0 Å². The average molecular weight is 382 g/mol. The Morgan fingerprint density at radius 2 is 2.04 bits per heavy atom. The van der Waals surface area contributed by atoms with E-state index in [1.807, 2.05) is 12.1 Å². The largest absolute Gasteiger partial charge is 0.494 e. The Hall–Kier alpha value is -2.40. The van der Waals surface area contributed by atoms with Crippen LogP contribution in [0.5, 0.6) is 5.75 Å². The minimum atomic E-state index is -0.145. The summed E-state index contributed by atoms with van der Waals surface area (Å²) in [6.45, 7) is 2.10. The second kappa shape index (κ2) is 10.8. The van der Waals surface area contributed by atoms with E-state index in [4.69, 9.17) is 4.74 Å². The Morgan fingerprint density at radius 1 is 1.18 bits per heavy atom. The van der Waals surface area contributed by atoms with Crippen LogP contribution in [0.4, 0.5) is 0 Å². The molecular weight excluding hydrogens is 350 g/mol. The van der Waals surface area contributed by atoms with Crippen LogP contribution in [0.1, 0.15) is 54.6 Å². The fraction of sp³-hybridized carbons (Fsp3) is 0.478. The van der Waals surface area contributed by atoms with Crippen molar-refractivity contribution < 1.29 is 9.53 Å². The van der Waals surface area contributed by atoms with Crippen molar-refractivity contribution in [2.24, 2.45) is 0 Å². The maximum atomic E-state index is 11.9. The van der Waals surface area contributed by atoms with Gasteiger partial charge in [-0.1, -0.05) is 37.5 Å². The van der Waals surface area contributed by atoms with E-state index in [1.165, 1.54) is 37.7 Å². The van der Waals surface area contributed by atoms with Gasteiger partial charge in [-0.3, -0.25) is 14.7 Å².